The van der Waals surface area contributed by atoms with Gasteiger partial charge in [0, 0.05) is 6.92 Å². The van der Waals surface area contributed by atoms with Gasteiger partial charge in [-0.1, -0.05) is 103 Å². The largest absolute Gasteiger partial charge is 0.461 e. The molecule has 0 aliphatic heterocycles. The highest BCUT2D eigenvalue weighted by molar-refractivity contribution is 5.91. The summed E-state index contributed by atoms with van der Waals surface area (Å²) < 4.78 is 17.1. The van der Waals surface area contributed by atoms with E-state index in [9.17, 15) is 14.4 Å². The van der Waals surface area contributed by atoms with Gasteiger partial charge < -0.3 is 14.2 Å². The fraction of sp³-hybridized carbons (Fsp3) is 0.132. The lowest BCUT2D eigenvalue weighted by atomic mass is 9.89. The molecule has 5 aromatic rings. The molecule has 0 heterocycles. The lowest BCUT2D eigenvalue weighted by Crippen LogP contribution is -2.24. The first-order valence-electron chi connectivity index (χ1n) is 14.3. The fourth-order valence-corrected chi connectivity index (χ4v) is 4.89. The fourth-order valence-electron chi connectivity index (χ4n) is 4.89. The summed E-state index contributed by atoms with van der Waals surface area (Å²) in [6, 6.07) is 40.6. The van der Waals surface area contributed by atoms with Gasteiger partial charge in [-0.05, 0) is 65.6 Å². The molecule has 0 saturated heterocycles. The molecule has 0 bridgehead atoms. The summed E-state index contributed by atoms with van der Waals surface area (Å²) in [5.41, 5.74) is 5.57. The highest BCUT2D eigenvalue weighted by Crippen LogP contribution is 2.36. The third-order valence-corrected chi connectivity index (χ3v) is 7.21. The maximum atomic E-state index is 13.6. The van der Waals surface area contributed by atoms with Crippen molar-refractivity contribution in [2.75, 3.05) is 6.61 Å². The van der Waals surface area contributed by atoms with Crippen LogP contribution in [0.2, 0.25) is 0 Å². The number of hydrogen-bond acceptors (Lipinski definition) is 6. The van der Waals surface area contributed by atoms with Gasteiger partial charge in [0.1, 0.15) is 18.5 Å². The number of benzene rings is 5. The highest BCUT2D eigenvalue weighted by atomic mass is 16.6. The third kappa shape index (κ3) is 7.66. The molecule has 0 radical (unpaired) electrons. The van der Waals surface area contributed by atoms with Crippen LogP contribution in [0.25, 0.3) is 11.1 Å². The van der Waals surface area contributed by atoms with Gasteiger partial charge in [0.05, 0.1) is 17.0 Å². The maximum Gasteiger partial charge on any atom is 0.338 e. The number of aryl methyl sites for hydroxylation is 1. The van der Waals surface area contributed by atoms with E-state index in [1.54, 1.807) is 12.1 Å². The number of ether oxygens (including phenoxy) is 3. The first kappa shape index (κ1) is 30.0. The van der Waals surface area contributed by atoms with Crippen molar-refractivity contribution >= 4 is 17.9 Å². The molecule has 2 unspecified atom stereocenters. The van der Waals surface area contributed by atoms with Crippen molar-refractivity contribution in [1.82, 2.24) is 0 Å². The van der Waals surface area contributed by atoms with Crippen LogP contribution in [-0.2, 0) is 14.3 Å². The van der Waals surface area contributed by atoms with E-state index in [4.69, 9.17) is 14.2 Å². The van der Waals surface area contributed by atoms with Gasteiger partial charge in [-0.2, -0.15) is 0 Å². The molecular weight excluding hydrogens is 552 g/mol. The first-order valence-corrected chi connectivity index (χ1v) is 14.3. The van der Waals surface area contributed by atoms with E-state index >= 15 is 0 Å². The Morgan fingerprint density at radius 3 is 1.66 bits per heavy atom. The van der Waals surface area contributed by atoms with Crippen molar-refractivity contribution in [2.45, 2.75) is 25.9 Å². The van der Waals surface area contributed by atoms with Crippen LogP contribution in [0.1, 0.15) is 56.4 Å². The zero-order valence-corrected chi connectivity index (χ0v) is 24.5. The molecule has 0 aromatic heterocycles. The lowest BCUT2D eigenvalue weighted by molar-refractivity contribution is -0.131. The van der Waals surface area contributed by atoms with Gasteiger partial charge in [-0.25, -0.2) is 9.59 Å². The first-order chi connectivity index (χ1) is 21.4. The predicted molar refractivity (Wildman–Crippen MR) is 168 cm³/mol. The minimum absolute atomic E-state index is 0.0479. The molecule has 5 aromatic carbocycles. The van der Waals surface area contributed by atoms with E-state index < -0.39 is 29.9 Å². The zero-order chi connectivity index (χ0) is 30.9. The van der Waals surface area contributed by atoms with Crippen LogP contribution in [0.3, 0.4) is 0 Å². The molecule has 220 valence electrons. The van der Waals surface area contributed by atoms with Crippen LogP contribution in [0.5, 0.6) is 5.75 Å². The summed E-state index contributed by atoms with van der Waals surface area (Å²) in [7, 11) is 0. The molecule has 0 fully saturated rings. The zero-order valence-electron chi connectivity index (χ0n) is 24.5. The molecule has 6 heteroatoms. The summed E-state index contributed by atoms with van der Waals surface area (Å²) in [4.78, 5) is 37.8. The Bertz CT molecular complexity index is 1690. The van der Waals surface area contributed by atoms with Crippen LogP contribution >= 0.6 is 0 Å². The van der Waals surface area contributed by atoms with Crippen molar-refractivity contribution in [3.05, 3.63) is 161 Å². The van der Waals surface area contributed by atoms with Crippen molar-refractivity contribution in [2.24, 2.45) is 0 Å². The van der Waals surface area contributed by atoms with Crippen molar-refractivity contribution in [1.29, 1.82) is 0 Å². The number of rotatable bonds is 10. The average molecular weight is 585 g/mol. The summed E-state index contributed by atoms with van der Waals surface area (Å²) >= 11 is 0. The number of carbonyl (C=O) groups is 3. The van der Waals surface area contributed by atoms with Crippen LogP contribution in [-0.4, -0.2) is 24.5 Å². The Balaban J connectivity index is 1.39. The monoisotopic (exact) mass is 584 g/mol. The SMILES string of the molecule is CC(=O)Oc1ccc(C(=O)OCC(c2ccccc2)C(OC(=O)c2ccc(-c3ccc(C)cc3)cc2)c2ccccc2)cc1. The Kier molecular flexibility index (Phi) is 9.62. The Hall–Kier alpha value is -5.49. The normalized spacial score (nSPS) is 12.0. The molecule has 6 nitrogen and oxygen atoms in total. The second kappa shape index (κ2) is 14.1. The lowest BCUT2D eigenvalue weighted by Gasteiger charge is -2.28. The highest BCUT2D eigenvalue weighted by Gasteiger charge is 2.30. The number of carbonyl (C=O) groups excluding carboxylic acids is 3. The van der Waals surface area contributed by atoms with E-state index in [0.29, 0.717) is 16.9 Å². The molecule has 0 saturated carbocycles. The summed E-state index contributed by atoms with van der Waals surface area (Å²) in [5.74, 6) is -1.65. The topological polar surface area (TPSA) is 78.9 Å². The molecule has 5 rings (SSSR count). The molecule has 0 N–H and O–H groups in total. The van der Waals surface area contributed by atoms with Gasteiger partial charge in [0.2, 0.25) is 0 Å². The van der Waals surface area contributed by atoms with Crippen LogP contribution in [0, 0.1) is 6.92 Å². The van der Waals surface area contributed by atoms with E-state index in [0.717, 1.165) is 22.3 Å². The van der Waals surface area contributed by atoms with E-state index in [2.05, 4.69) is 12.1 Å². The van der Waals surface area contributed by atoms with Gasteiger partial charge in [0.25, 0.3) is 0 Å². The van der Waals surface area contributed by atoms with Crippen LogP contribution in [0.15, 0.2) is 133 Å². The average Bonchev–Trinajstić information content (AvgIpc) is 3.05. The van der Waals surface area contributed by atoms with Crippen LogP contribution < -0.4 is 4.74 Å². The van der Waals surface area contributed by atoms with Crippen molar-refractivity contribution in [3.8, 4) is 16.9 Å². The van der Waals surface area contributed by atoms with Crippen molar-refractivity contribution in [3.63, 3.8) is 0 Å². The maximum absolute atomic E-state index is 13.6. The standard InChI is InChI=1S/C38H32O6/c1-26-13-15-28(16-14-26)29-17-19-33(20-18-29)38(41)44-36(31-11-7-4-8-12-31)35(30-9-5-3-6-10-30)25-42-37(40)32-21-23-34(24-22-32)43-27(2)39/h3-24,35-36H,25H2,1-2H3. The predicted octanol–water partition coefficient (Wildman–Crippen LogP) is 8.13. The molecule has 0 aliphatic carbocycles. The van der Waals surface area contributed by atoms with Gasteiger partial charge in [0.15, 0.2) is 0 Å². The molecule has 0 aliphatic rings. The summed E-state index contributed by atoms with van der Waals surface area (Å²) in [6.45, 7) is 3.30. The number of esters is 3. The Labute approximate surface area is 256 Å². The molecule has 2 atom stereocenters. The quantitative estimate of drug-likeness (QED) is 0.122. The van der Waals surface area contributed by atoms with E-state index in [-0.39, 0.29) is 6.61 Å². The number of hydrogen-bond donors (Lipinski definition) is 0. The van der Waals surface area contributed by atoms with E-state index in [1.165, 1.54) is 36.8 Å². The second-order valence-corrected chi connectivity index (χ2v) is 10.4. The Morgan fingerprint density at radius 1 is 0.591 bits per heavy atom. The molecule has 0 spiro atoms. The van der Waals surface area contributed by atoms with Crippen LogP contribution in [0.4, 0.5) is 0 Å². The van der Waals surface area contributed by atoms with Crippen molar-refractivity contribution < 1.29 is 28.6 Å². The van der Waals surface area contributed by atoms with Gasteiger partial charge >= 0.3 is 17.9 Å². The summed E-state index contributed by atoms with van der Waals surface area (Å²) in [5, 5.41) is 0. The third-order valence-electron chi connectivity index (χ3n) is 7.21. The Morgan fingerprint density at radius 2 is 1.09 bits per heavy atom. The molecule has 44 heavy (non-hydrogen) atoms. The minimum Gasteiger partial charge on any atom is -0.461 e. The van der Waals surface area contributed by atoms with Gasteiger partial charge in [-0.3, -0.25) is 4.79 Å². The minimum atomic E-state index is -0.748. The van der Waals surface area contributed by atoms with Gasteiger partial charge in [-0.15, -0.1) is 0 Å². The smallest absolute Gasteiger partial charge is 0.338 e. The van der Waals surface area contributed by atoms with E-state index in [1.807, 2.05) is 91.9 Å². The second-order valence-electron chi connectivity index (χ2n) is 10.4. The molecular formula is C38H32O6. The summed E-state index contributed by atoms with van der Waals surface area (Å²) in [6.07, 6.45) is -0.748. The molecule has 0 amide bonds.